The van der Waals surface area contributed by atoms with E-state index in [1.54, 1.807) is 61.3 Å². The van der Waals surface area contributed by atoms with Gasteiger partial charge in [-0.3, -0.25) is 9.59 Å². The van der Waals surface area contributed by atoms with Crippen molar-refractivity contribution in [1.29, 1.82) is 0 Å². The fourth-order valence-electron chi connectivity index (χ4n) is 3.65. The summed E-state index contributed by atoms with van der Waals surface area (Å²) in [7, 11) is -2.03. The summed E-state index contributed by atoms with van der Waals surface area (Å²) in [6.07, 6.45) is 0.0232. The Hall–Kier alpha value is -3.49. The van der Waals surface area contributed by atoms with E-state index >= 15 is 0 Å². The lowest BCUT2D eigenvalue weighted by molar-refractivity contribution is -0.131. The van der Waals surface area contributed by atoms with Gasteiger partial charge < -0.3 is 10.2 Å². The van der Waals surface area contributed by atoms with E-state index in [-0.39, 0.29) is 35.7 Å². The number of aryl methyl sites for hydroxylation is 2. The second-order valence-corrected chi connectivity index (χ2v) is 10.3. The van der Waals surface area contributed by atoms with Gasteiger partial charge in [-0.05, 0) is 67.8 Å². The van der Waals surface area contributed by atoms with E-state index in [9.17, 15) is 18.0 Å². The molecule has 0 aliphatic heterocycles. The molecule has 0 aliphatic rings. The van der Waals surface area contributed by atoms with Crippen LogP contribution in [0.1, 0.15) is 46.4 Å². The van der Waals surface area contributed by atoms with Gasteiger partial charge in [0.05, 0.1) is 10.9 Å². The Morgan fingerprint density at radius 2 is 1.66 bits per heavy atom. The van der Waals surface area contributed by atoms with Gasteiger partial charge in [-0.2, -0.15) is 0 Å². The third-order valence-electron chi connectivity index (χ3n) is 5.90. The summed E-state index contributed by atoms with van der Waals surface area (Å²) in [5.74, 6) is -0.407. The molecule has 1 atom stereocenters. The highest BCUT2D eigenvalue weighted by atomic mass is 32.2. The molecule has 2 amide bonds. The quantitative estimate of drug-likeness (QED) is 0.461. The van der Waals surface area contributed by atoms with Gasteiger partial charge in [-0.25, -0.2) is 13.1 Å². The number of amides is 2. The van der Waals surface area contributed by atoms with Crippen molar-refractivity contribution in [2.45, 2.75) is 38.1 Å². The molecule has 3 aromatic rings. The predicted octanol–water partition coefficient (Wildman–Crippen LogP) is 4.44. The van der Waals surface area contributed by atoms with Gasteiger partial charge in [0.1, 0.15) is 0 Å². The van der Waals surface area contributed by atoms with Gasteiger partial charge in [0.2, 0.25) is 15.9 Å². The van der Waals surface area contributed by atoms with Crippen molar-refractivity contribution >= 4 is 27.5 Å². The summed E-state index contributed by atoms with van der Waals surface area (Å²) in [5, 5.41) is 2.88. The summed E-state index contributed by atoms with van der Waals surface area (Å²) >= 11 is 0. The van der Waals surface area contributed by atoms with Crippen molar-refractivity contribution < 1.29 is 18.0 Å². The summed E-state index contributed by atoms with van der Waals surface area (Å²) in [5.41, 5.74) is 3.54. The van der Waals surface area contributed by atoms with Crippen LogP contribution in [0.15, 0.2) is 77.7 Å². The SMILES string of the molecule is Cc1ccc(C)c(S(=O)(=O)NCCC(=O)N(C)C(C)c2cccc(NC(=O)c3ccccc3)c2)c1. The fourth-order valence-corrected chi connectivity index (χ4v) is 5.01. The van der Waals surface area contributed by atoms with E-state index in [2.05, 4.69) is 10.0 Å². The Labute approximate surface area is 207 Å². The molecule has 7 nitrogen and oxygen atoms in total. The zero-order chi connectivity index (χ0) is 25.6. The molecule has 0 saturated heterocycles. The van der Waals surface area contributed by atoms with Crippen molar-refractivity contribution in [3.05, 3.63) is 95.1 Å². The summed E-state index contributed by atoms with van der Waals surface area (Å²) < 4.78 is 27.9. The molecule has 0 fully saturated rings. The van der Waals surface area contributed by atoms with E-state index in [4.69, 9.17) is 0 Å². The molecule has 0 spiro atoms. The number of hydrogen-bond donors (Lipinski definition) is 2. The van der Waals surface area contributed by atoms with E-state index in [1.165, 1.54) is 0 Å². The lowest BCUT2D eigenvalue weighted by Gasteiger charge is -2.26. The molecule has 1 unspecified atom stereocenters. The highest BCUT2D eigenvalue weighted by molar-refractivity contribution is 7.89. The van der Waals surface area contributed by atoms with Crippen molar-refractivity contribution in [2.24, 2.45) is 0 Å². The number of nitrogens with zero attached hydrogens (tertiary/aromatic N) is 1. The number of rotatable bonds is 9. The maximum atomic E-state index is 12.8. The second kappa shape index (κ2) is 11.3. The first-order valence-corrected chi connectivity index (χ1v) is 12.9. The smallest absolute Gasteiger partial charge is 0.255 e. The number of sulfonamides is 1. The molecule has 0 aromatic heterocycles. The van der Waals surface area contributed by atoms with Crippen LogP contribution in [0.25, 0.3) is 0 Å². The molecule has 2 N–H and O–H groups in total. The van der Waals surface area contributed by atoms with Crippen LogP contribution < -0.4 is 10.0 Å². The lowest BCUT2D eigenvalue weighted by Crippen LogP contribution is -2.34. The van der Waals surface area contributed by atoms with Crippen molar-refractivity contribution in [1.82, 2.24) is 9.62 Å². The first-order chi connectivity index (χ1) is 16.6. The Balaban J connectivity index is 1.59. The van der Waals surface area contributed by atoms with Crippen LogP contribution in [0.5, 0.6) is 0 Å². The van der Waals surface area contributed by atoms with E-state index < -0.39 is 10.0 Å². The number of anilines is 1. The highest BCUT2D eigenvalue weighted by Crippen LogP contribution is 2.23. The predicted molar refractivity (Wildman–Crippen MR) is 138 cm³/mol. The molecule has 0 saturated carbocycles. The van der Waals surface area contributed by atoms with Gasteiger partial charge >= 0.3 is 0 Å². The fraction of sp³-hybridized carbons (Fsp3) is 0.259. The first kappa shape index (κ1) is 26.1. The number of hydrogen-bond acceptors (Lipinski definition) is 4. The van der Waals surface area contributed by atoms with Crippen LogP contribution in [0.3, 0.4) is 0 Å². The molecule has 35 heavy (non-hydrogen) atoms. The van der Waals surface area contributed by atoms with Crippen LogP contribution >= 0.6 is 0 Å². The number of carbonyl (C=O) groups is 2. The van der Waals surface area contributed by atoms with Crippen LogP contribution in [0.2, 0.25) is 0 Å². The molecule has 0 heterocycles. The third-order valence-corrected chi connectivity index (χ3v) is 7.50. The van der Waals surface area contributed by atoms with Crippen molar-refractivity contribution in [2.75, 3.05) is 18.9 Å². The summed E-state index contributed by atoms with van der Waals surface area (Å²) in [4.78, 5) is 27.0. The lowest BCUT2D eigenvalue weighted by atomic mass is 10.1. The number of benzene rings is 3. The van der Waals surface area contributed by atoms with Crippen LogP contribution in [-0.2, 0) is 14.8 Å². The maximum Gasteiger partial charge on any atom is 0.255 e. The minimum absolute atomic E-state index is 0.00121. The molecule has 3 aromatic carbocycles. The molecule has 0 bridgehead atoms. The van der Waals surface area contributed by atoms with Gasteiger partial charge in [0.15, 0.2) is 0 Å². The van der Waals surface area contributed by atoms with Gasteiger partial charge in [-0.15, -0.1) is 0 Å². The Morgan fingerprint density at radius 1 is 0.943 bits per heavy atom. The van der Waals surface area contributed by atoms with Crippen LogP contribution in [-0.4, -0.2) is 38.7 Å². The highest BCUT2D eigenvalue weighted by Gasteiger charge is 2.20. The molecular weight excluding hydrogens is 462 g/mol. The summed E-state index contributed by atoms with van der Waals surface area (Å²) in [6.45, 7) is 5.46. The molecule has 0 aliphatic carbocycles. The molecule has 3 rings (SSSR count). The molecule has 8 heteroatoms. The van der Waals surface area contributed by atoms with Crippen molar-refractivity contribution in [3.8, 4) is 0 Å². The molecule has 0 radical (unpaired) electrons. The average Bonchev–Trinajstić information content (AvgIpc) is 2.85. The third kappa shape index (κ3) is 6.77. The standard InChI is InChI=1S/C27H31N3O4S/c1-19-13-14-20(2)25(17-19)35(33,34)28-16-15-26(31)30(4)21(3)23-11-8-12-24(18-23)29-27(32)22-9-6-5-7-10-22/h5-14,17-18,21,28H,15-16H2,1-4H3,(H,29,32). The minimum atomic E-state index is -3.71. The van der Waals surface area contributed by atoms with Crippen LogP contribution in [0, 0.1) is 13.8 Å². The monoisotopic (exact) mass is 493 g/mol. The normalized spacial score (nSPS) is 12.1. The van der Waals surface area contributed by atoms with Gasteiger partial charge in [0.25, 0.3) is 5.91 Å². The Morgan fingerprint density at radius 3 is 2.37 bits per heavy atom. The minimum Gasteiger partial charge on any atom is -0.339 e. The van der Waals surface area contributed by atoms with Gasteiger partial charge in [-0.1, -0.05) is 42.5 Å². The van der Waals surface area contributed by atoms with Gasteiger partial charge in [0, 0.05) is 31.3 Å². The topological polar surface area (TPSA) is 95.6 Å². The average molecular weight is 494 g/mol. The van der Waals surface area contributed by atoms with Crippen LogP contribution in [0.4, 0.5) is 5.69 Å². The summed E-state index contributed by atoms with van der Waals surface area (Å²) in [6, 6.07) is 21.2. The zero-order valence-corrected chi connectivity index (χ0v) is 21.2. The number of nitrogens with one attached hydrogen (secondary N) is 2. The zero-order valence-electron chi connectivity index (χ0n) is 20.4. The first-order valence-electron chi connectivity index (χ1n) is 11.4. The largest absolute Gasteiger partial charge is 0.339 e. The maximum absolute atomic E-state index is 12.8. The molecular formula is C27H31N3O4S. The van der Waals surface area contributed by atoms with Crippen molar-refractivity contribution in [3.63, 3.8) is 0 Å². The molecule has 184 valence electrons. The van der Waals surface area contributed by atoms with E-state index in [0.717, 1.165) is 11.1 Å². The van der Waals surface area contributed by atoms with E-state index in [0.29, 0.717) is 16.8 Å². The number of carbonyl (C=O) groups excluding carboxylic acids is 2. The Bertz CT molecular complexity index is 1310. The Kier molecular flexibility index (Phi) is 8.43. The van der Waals surface area contributed by atoms with E-state index in [1.807, 2.05) is 44.2 Å². The second-order valence-electron chi connectivity index (χ2n) is 8.54.